The molecule has 0 saturated carbocycles. The number of hydrogen-bond acceptors (Lipinski definition) is 3. The molecule has 2 atom stereocenters. The van der Waals surface area contributed by atoms with Crippen molar-refractivity contribution in [1.29, 1.82) is 0 Å². The first-order valence-corrected chi connectivity index (χ1v) is 6.57. The molecule has 0 bridgehead atoms. The number of halogens is 3. The molecule has 0 aromatic heterocycles. The van der Waals surface area contributed by atoms with E-state index in [1.54, 1.807) is 0 Å². The smallest absolute Gasteiger partial charge is 0.394 e. The molecule has 2 aliphatic heterocycles. The summed E-state index contributed by atoms with van der Waals surface area (Å²) in [4.78, 5) is 25.9. The molecule has 2 heterocycles. The maximum absolute atomic E-state index is 12.3. The number of hydrogen-bond donors (Lipinski definition) is 1. The average Bonchev–Trinajstić information content (AvgIpc) is 2.94. The van der Waals surface area contributed by atoms with Crippen LogP contribution < -0.4 is 0 Å². The quantitative estimate of drug-likeness (QED) is 0.818. The minimum Gasteiger partial charge on any atom is -0.394 e. The number of carbonyl (C=O) groups is 2. The summed E-state index contributed by atoms with van der Waals surface area (Å²) in [6.45, 7) is -1.16. The number of amides is 2. The number of aliphatic hydroxyl groups excluding tert-OH is 1. The first-order valence-electron chi connectivity index (χ1n) is 6.57. The summed E-state index contributed by atoms with van der Waals surface area (Å²) < 4.78 is 36.9. The number of aliphatic hydroxyl groups is 1. The Morgan fingerprint density at radius 2 is 2.10 bits per heavy atom. The van der Waals surface area contributed by atoms with Gasteiger partial charge in [0, 0.05) is 19.5 Å². The van der Waals surface area contributed by atoms with Crippen molar-refractivity contribution >= 4 is 11.8 Å². The van der Waals surface area contributed by atoms with Crippen LogP contribution in [0.4, 0.5) is 13.2 Å². The van der Waals surface area contributed by atoms with E-state index in [4.69, 9.17) is 5.11 Å². The molecule has 0 aliphatic carbocycles. The van der Waals surface area contributed by atoms with Crippen molar-refractivity contribution in [2.75, 3.05) is 26.2 Å². The van der Waals surface area contributed by atoms with Gasteiger partial charge in [-0.05, 0) is 12.8 Å². The molecular weight excluding hydrogens is 277 g/mol. The van der Waals surface area contributed by atoms with Crippen LogP contribution in [0.25, 0.3) is 0 Å². The van der Waals surface area contributed by atoms with Gasteiger partial charge in [-0.1, -0.05) is 0 Å². The first-order chi connectivity index (χ1) is 9.31. The fraction of sp³-hybridized carbons (Fsp3) is 0.833. The van der Waals surface area contributed by atoms with E-state index < -0.39 is 24.5 Å². The van der Waals surface area contributed by atoms with E-state index in [-0.39, 0.29) is 31.5 Å². The molecule has 1 unspecified atom stereocenters. The third kappa shape index (κ3) is 3.23. The van der Waals surface area contributed by atoms with Gasteiger partial charge in [-0.3, -0.25) is 9.59 Å². The number of rotatable bonds is 3. The molecule has 20 heavy (non-hydrogen) atoms. The molecule has 2 rings (SSSR count). The number of alkyl halides is 3. The predicted molar refractivity (Wildman–Crippen MR) is 62.6 cm³/mol. The standard InChI is InChI=1S/C12H17F3N2O3/c13-12(14,15)7-16-5-8(4-10(16)19)11(20)17-3-1-2-9(17)6-18/h8-9,18H,1-7H2/t8?,9-/m1/s1. The fourth-order valence-electron chi connectivity index (χ4n) is 2.86. The Bertz CT molecular complexity index is 400. The summed E-state index contributed by atoms with van der Waals surface area (Å²) in [6.07, 6.45) is -3.17. The highest BCUT2D eigenvalue weighted by Gasteiger charge is 2.43. The number of likely N-dealkylation sites (tertiary alicyclic amines) is 2. The second-order valence-corrected chi connectivity index (χ2v) is 5.30. The normalized spacial score (nSPS) is 27.5. The van der Waals surface area contributed by atoms with Gasteiger partial charge >= 0.3 is 6.18 Å². The Morgan fingerprint density at radius 3 is 2.70 bits per heavy atom. The van der Waals surface area contributed by atoms with Crippen LogP contribution in [0.1, 0.15) is 19.3 Å². The van der Waals surface area contributed by atoms with Crippen molar-refractivity contribution < 1.29 is 27.9 Å². The summed E-state index contributed by atoms with van der Waals surface area (Å²) in [5.74, 6) is -1.68. The zero-order valence-corrected chi connectivity index (χ0v) is 10.9. The molecule has 2 saturated heterocycles. The largest absolute Gasteiger partial charge is 0.406 e. The molecule has 5 nitrogen and oxygen atoms in total. The lowest BCUT2D eigenvalue weighted by Crippen LogP contribution is -2.42. The average molecular weight is 294 g/mol. The lowest BCUT2D eigenvalue weighted by molar-refractivity contribution is -0.157. The van der Waals surface area contributed by atoms with E-state index in [1.807, 2.05) is 0 Å². The van der Waals surface area contributed by atoms with Crippen molar-refractivity contribution in [1.82, 2.24) is 9.80 Å². The van der Waals surface area contributed by atoms with Gasteiger partial charge in [0.15, 0.2) is 0 Å². The van der Waals surface area contributed by atoms with Crippen LogP contribution in [0.2, 0.25) is 0 Å². The third-order valence-corrected chi connectivity index (χ3v) is 3.80. The van der Waals surface area contributed by atoms with Gasteiger partial charge in [-0.2, -0.15) is 13.2 Å². The molecule has 2 amide bonds. The highest BCUT2D eigenvalue weighted by atomic mass is 19.4. The minimum absolute atomic E-state index is 0.154. The van der Waals surface area contributed by atoms with E-state index >= 15 is 0 Å². The van der Waals surface area contributed by atoms with E-state index in [0.717, 1.165) is 6.42 Å². The van der Waals surface area contributed by atoms with Crippen LogP contribution in [0.5, 0.6) is 0 Å². The Labute approximate surface area is 114 Å². The predicted octanol–water partition coefficient (Wildman–Crippen LogP) is 0.380. The van der Waals surface area contributed by atoms with Crippen molar-refractivity contribution in [3.63, 3.8) is 0 Å². The van der Waals surface area contributed by atoms with Gasteiger partial charge in [0.05, 0.1) is 18.6 Å². The summed E-state index contributed by atoms with van der Waals surface area (Å²) in [6, 6.07) is -0.269. The molecule has 114 valence electrons. The maximum Gasteiger partial charge on any atom is 0.406 e. The lowest BCUT2D eigenvalue weighted by atomic mass is 10.1. The highest BCUT2D eigenvalue weighted by molar-refractivity contribution is 5.89. The molecule has 0 spiro atoms. The van der Waals surface area contributed by atoms with Crippen LogP contribution in [0.3, 0.4) is 0 Å². The minimum atomic E-state index is -4.45. The fourth-order valence-corrected chi connectivity index (χ4v) is 2.86. The van der Waals surface area contributed by atoms with Gasteiger partial charge in [0.2, 0.25) is 11.8 Å². The van der Waals surface area contributed by atoms with Crippen molar-refractivity contribution in [3.05, 3.63) is 0 Å². The molecule has 2 fully saturated rings. The third-order valence-electron chi connectivity index (χ3n) is 3.80. The Morgan fingerprint density at radius 1 is 1.40 bits per heavy atom. The van der Waals surface area contributed by atoms with Crippen LogP contribution in [-0.4, -0.2) is 65.2 Å². The SMILES string of the molecule is O=C1CC(C(=O)N2CCC[C@@H]2CO)CN1CC(F)(F)F. The second-order valence-electron chi connectivity index (χ2n) is 5.30. The van der Waals surface area contributed by atoms with Gasteiger partial charge in [-0.25, -0.2) is 0 Å². The van der Waals surface area contributed by atoms with Crippen molar-refractivity contribution in [2.24, 2.45) is 5.92 Å². The monoisotopic (exact) mass is 294 g/mol. The topological polar surface area (TPSA) is 60.9 Å². The summed E-state index contributed by atoms with van der Waals surface area (Å²) in [5.41, 5.74) is 0. The summed E-state index contributed by atoms with van der Waals surface area (Å²) in [7, 11) is 0. The number of nitrogens with zero attached hydrogens (tertiary/aromatic N) is 2. The van der Waals surface area contributed by atoms with E-state index in [0.29, 0.717) is 17.9 Å². The van der Waals surface area contributed by atoms with Crippen LogP contribution in [-0.2, 0) is 9.59 Å². The Balaban J connectivity index is 1.97. The van der Waals surface area contributed by atoms with Gasteiger partial charge in [-0.15, -0.1) is 0 Å². The maximum atomic E-state index is 12.3. The van der Waals surface area contributed by atoms with Crippen LogP contribution in [0, 0.1) is 5.92 Å². The number of carbonyl (C=O) groups excluding carboxylic acids is 2. The van der Waals surface area contributed by atoms with Crippen LogP contribution >= 0.6 is 0 Å². The molecule has 8 heteroatoms. The molecule has 1 N–H and O–H groups in total. The Hall–Kier alpha value is -1.31. The highest BCUT2D eigenvalue weighted by Crippen LogP contribution is 2.27. The second kappa shape index (κ2) is 5.59. The summed E-state index contributed by atoms with van der Waals surface area (Å²) in [5, 5.41) is 9.16. The molecule has 2 aliphatic rings. The molecular formula is C12H17F3N2O3. The molecule has 0 aromatic carbocycles. The van der Waals surface area contributed by atoms with Crippen molar-refractivity contribution in [2.45, 2.75) is 31.5 Å². The zero-order chi connectivity index (χ0) is 14.9. The van der Waals surface area contributed by atoms with E-state index in [1.165, 1.54) is 4.90 Å². The Kier molecular flexibility index (Phi) is 4.22. The lowest BCUT2D eigenvalue weighted by Gasteiger charge is -2.26. The molecule has 0 aromatic rings. The van der Waals surface area contributed by atoms with Gasteiger partial charge in [0.1, 0.15) is 6.54 Å². The summed E-state index contributed by atoms with van der Waals surface area (Å²) >= 11 is 0. The van der Waals surface area contributed by atoms with E-state index in [2.05, 4.69) is 0 Å². The zero-order valence-electron chi connectivity index (χ0n) is 10.9. The van der Waals surface area contributed by atoms with Crippen molar-refractivity contribution in [3.8, 4) is 0 Å². The first kappa shape index (κ1) is 15.1. The van der Waals surface area contributed by atoms with Crippen LogP contribution in [0.15, 0.2) is 0 Å². The molecule has 0 radical (unpaired) electrons. The van der Waals surface area contributed by atoms with E-state index in [9.17, 15) is 22.8 Å². The van der Waals surface area contributed by atoms with Gasteiger partial charge < -0.3 is 14.9 Å². The van der Waals surface area contributed by atoms with Gasteiger partial charge in [0.25, 0.3) is 0 Å².